The lowest BCUT2D eigenvalue weighted by Gasteiger charge is -2.30. The van der Waals surface area contributed by atoms with Gasteiger partial charge in [-0.3, -0.25) is 4.90 Å². The van der Waals surface area contributed by atoms with Crippen molar-refractivity contribution in [1.29, 1.82) is 0 Å². The second-order valence-electron chi connectivity index (χ2n) is 6.62. The number of methoxy groups -OCH3 is 2. The SMILES string of the molecule is CC[C@@H](C)N(Cc1ccc(OC)c(OC)c1)C[C@@H](O)COCc1ccco1. The highest BCUT2D eigenvalue weighted by Gasteiger charge is 2.18. The van der Waals surface area contributed by atoms with Crippen LogP contribution in [0.1, 0.15) is 31.6 Å². The zero-order valence-corrected chi connectivity index (χ0v) is 16.7. The summed E-state index contributed by atoms with van der Waals surface area (Å²) in [5.41, 5.74) is 1.11. The van der Waals surface area contributed by atoms with Gasteiger partial charge in [-0.05, 0) is 43.2 Å². The van der Waals surface area contributed by atoms with Crippen molar-refractivity contribution in [3.8, 4) is 11.5 Å². The first-order valence-corrected chi connectivity index (χ1v) is 9.30. The Morgan fingerprint density at radius 1 is 1.15 bits per heavy atom. The zero-order valence-electron chi connectivity index (χ0n) is 16.7. The summed E-state index contributed by atoms with van der Waals surface area (Å²) in [7, 11) is 3.26. The largest absolute Gasteiger partial charge is 0.493 e. The minimum absolute atomic E-state index is 0.263. The van der Waals surface area contributed by atoms with Crippen molar-refractivity contribution >= 4 is 0 Å². The molecule has 0 aliphatic carbocycles. The number of nitrogens with zero attached hydrogens (tertiary/aromatic N) is 1. The van der Waals surface area contributed by atoms with Gasteiger partial charge in [-0.25, -0.2) is 0 Å². The normalized spacial score (nSPS) is 13.6. The van der Waals surface area contributed by atoms with Gasteiger partial charge >= 0.3 is 0 Å². The molecule has 1 aromatic heterocycles. The number of benzene rings is 1. The molecule has 1 aromatic carbocycles. The number of furan rings is 1. The third kappa shape index (κ3) is 6.57. The second kappa shape index (κ2) is 11.0. The van der Waals surface area contributed by atoms with Gasteiger partial charge in [0, 0.05) is 19.1 Å². The topological polar surface area (TPSA) is 64.3 Å². The Bertz CT molecular complexity index is 659. The molecule has 0 bridgehead atoms. The quantitative estimate of drug-likeness (QED) is 0.611. The monoisotopic (exact) mass is 377 g/mol. The molecule has 0 saturated heterocycles. The zero-order chi connectivity index (χ0) is 19.6. The van der Waals surface area contributed by atoms with Crippen molar-refractivity contribution in [2.45, 2.75) is 45.6 Å². The van der Waals surface area contributed by atoms with Gasteiger partial charge in [-0.15, -0.1) is 0 Å². The summed E-state index contributed by atoms with van der Waals surface area (Å²) >= 11 is 0. The molecule has 2 aromatic rings. The van der Waals surface area contributed by atoms with Crippen molar-refractivity contribution in [3.63, 3.8) is 0 Å². The number of hydrogen-bond acceptors (Lipinski definition) is 6. The first-order chi connectivity index (χ1) is 13.1. The summed E-state index contributed by atoms with van der Waals surface area (Å²) in [5, 5.41) is 10.4. The minimum atomic E-state index is -0.575. The van der Waals surface area contributed by atoms with E-state index in [-0.39, 0.29) is 6.61 Å². The van der Waals surface area contributed by atoms with Crippen LogP contribution in [0.3, 0.4) is 0 Å². The predicted molar refractivity (Wildman–Crippen MR) is 104 cm³/mol. The van der Waals surface area contributed by atoms with Crippen LogP contribution >= 0.6 is 0 Å². The summed E-state index contributed by atoms with van der Waals surface area (Å²) in [6.07, 6.45) is 2.03. The molecule has 150 valence electrons. The van der Waals surface area contributed by atoms with Gasteiger partial charge in [0.05, 0.1) is 33.2 Å². The minimum Gasteiger partial charge on any atom is -0.493 e. The Labute approximate surface area is 161 Å². The number of aliphatic hydroxyl groups excluding tert-OH is 1. The molecule has 0 radical (unpaired) electrons. The van der Waals surface area contributed by atoms with Crippen LogP contribution in [0.2, 0.25) is 0 Å². The molecule has 6 heteroatoms. The van der Waals surface area contributed by atoms with Crippen molar-refractivity contribution in [2.75, 3.05) is 27.4 Å². The third-order valence-corrected chi connectivity index (χ3v) is 4.63. The van der Waals surface area contributed by atoms with Gasteiger partial charge in [-0.2, -0.15) is 0 Å². The van der Waals surface area contributed by atoms with E-state index in [9.17, 15) is 5.11 Å². The molecule has 0 fully saturated rings. The maximum absolute atomic E-state index is 10.4. The summed E-state index contributed by atoms with van der Waals surface area (Å²) in [6, 6.07) is 9.92. The molecule has 0 aliphatic rings. The van der Waals surface area contributed by atoms with E-state index in [1.807, 2.05) is 30.3 Å². The predicted octanol–water partition coefficient (Wildman–Crippen LogP) is 3.48. The second-order valence-corrected chi connectivity index (χ2v) is 6.62. The van der Waals surface area contributed by atoms with Gasteiger partial charge in [0.25, 0.3) is 0 Å². The molecule has 0 amide bonds. The lowest BCUT2D eigenvalue weighted by molar-refractivity contribution is -0.00272. The van der Waals surface area contributed by atoms with Gasteiger partial charge in [0.2, 0.25) is 0 Å². The maximum atomic E-state index is 10.4. The molecular formula is C21H31NO5. The molecule has 2 atom stereocenters. The molecule has 0 aliphatic heterocycles. The van der Waals surface area contributed by atoms with E-state index in [2.05, 4.69) is 18.7 Å². The fraction of sp³-hybridized carbons (Fsp3) is 0.524. The summed E-state index contributed by atoms with van der Waals surface area (Å²) in [4.78, 5) is 2.25. The van der Waals surface area contributed by atoms with Crippen LogP contribution in [0.25, 0.3) is 0 Å². The van der Waals surface area contributed by atoms with Crippen molar-refractivity contribution in [2.24, 2.45) is 0 Å². The Morgan fingerprint density at radius 3 is 2.56 bits per heavy atom. The number of aliphatic hydroxyl groups is 1. The Kier molecular flexibility index (Phi) is 8.64. The van der Waals surface area contributed by atoms with Crippen LogP contribution in [-0.4, -0.2) is 49.5 Å². The first-order valence-electron chi connectivity index (χ1n) is 9.30. The molecule has 6 nitrogen and oxygen atoms in total. The highest BCUT2D eigenvalue weighted by atomic mass is 16.5. The molecule has 2 rings (SSSR count). The van der Waals surface area contributed by atoms with Crippen molar-refractivity contribution < 1.29 is 23.7 Å². The maximum Gasteiger partial charge on any atom is 0.161 e. The summed E-state index contributed by atoms with van der Waals surface area (Å²) in [5.74, 6) is 2.18. The fourth-order valence-electron chi connectivity index (χ4n) is 2.89. The molecular weight excluding hydrogens is 346 g/mol. The number of ether oxygens (including phenoxy) is 3. The molecule has 1 N–H and O–H groups in total. The van der Waals surface area contributed by atoms with E-state index < -0.39 is 6.10 Å². The van der Waals surface area contributed by atoms with Crippen molar-refractivity contribution in [3.05, 3.63) is 47.9 Å². The molecule has 0 unspecified atom stereocenters. The lowest BCUT2D eigenvalue weighted by Crippen LogP contribution is -2.39. The highest BCUT2D eigenvalue weighted by Crippen LogP contribution is 2.28. The lowest BCUT2D eigenvalue weighted by atomic mass is 10.1. The van der Waals surface area contributed by atoms with E-state index >= 15 is 0 Å². The van der Waals surface area contributed by atoms with Gasteiger partial charge in [0.15, 0.2) is 11.5 Å². The number of rotatable bonds is 12. The highest BCUT2D eigenvalue weighted by molar-refractivity contribution is 5.42. The van der Waals surface area contributed by atoms with Crippen LogP contribution in [-0.2, 0) is 17.9 Å². The summed E-state index contributed by atoms with van der Waals surface area (Å²) < 4.78 is 21.5. The Hall–Kier alpha value is -2.02. The van der Waals surface area contributed by atoms with E-state index in [0.717, 1.165) is 17.7 Å². The van der Waals surface area contributed by atoms with Crippen LogP contribution in [0.5, 0.6) is 11.5 Å². The van der Waals surface area contributed by atoms with Gasteiger partial charge < -0.3 is 23.7 Å². The average Bonchev–Trinajstić information content (AvgIpc) is 3.20. The standard InChI is InChI=1S/C21H31NO5/c1-5-16(2)22(12-17-8-9-20(24-3)21(11-17)25-4)13-18(23)14-26-15-19-7-6-10-27-19/h6-11,16,18,23H,5,12-15H2,1-4H3/t16-,18-/m1/s1. The summed E-state index contributed by atoms with van der Waals surface area (Å²) in [6.45, 7) is 6.18. The number of hydrogen-bond donors (Lipinski definition) is 1. The first kappa shape index (κ1) is 21.3. The van der Waals surface area contributed by atoms with E-state index in [1.165, 1.54) is 0 Å². The average molecular weight is 377 g/mol. The van der Waals surface area contributed by atoms with Gasteiger partial charge in [-0.1, -0.05) is 13.0 Å². The van der Waals surface area contributed by atoms with Crippen LogP contribution < -0.4 is 9.47 Å². The molecule has 0 saturated carbocycles. The van der Waals surface area contributed by atoms with Crippen LogP contribution in [0.4, 0.5) is 0 Å². The van der Waals surface area contributed by atoms with Crippen LogP contribution in [0, 0.1) is 0 Å². The van der Waals surface area contributed by atoms with E-state index in [0.29, 0.717) is 37.2 Å². The molecule has 1 heterocycles. The van der Waals surface area contributed by atoms with Crippen LogP contribution in [0.15, 0.2) is 41.0 Å². The Balaban J connectivity index is 1.93. The van der Waals surface area contributed by atoms with Crippen molar-refractivity contribution in [1.82, 2.24) is 4.90 Å². The van der Waals surface area contributed by atoms with E-state index in [1.54, 1.807) is 20.5 Å². The van der Waals surface area contributed by atoms with Gasteiger partial charge in [0.1, 0.15) is 12.4 Å². The smallest absolute Gasteiger partial charge is 0.161 e. The van der Waals surface area contributed by atoms with E-state index in [4.69, 9.17) is 18.6 Å². The molecule has 0 spiro atoms. The fourth-order valence-corrected chi connectivity index (χ4v) is 2.89. The third-order valence-electron chi connectivity index (χ3n) is 4.63. The Morgan fingerprint density at radius 2 is 1.93 bits per heavy atom. The molecule has 27 heavy (non-hydrogen) atoms.